The minimum Gasteiger partial charge on any atom is -0.492 e. The highest BCUT2D eigenvalue weighted by atomic mass is 32.2. The Morgan fingerprint density at radius 2 is 1.74 bits per heavy atom. The largest absolute Gasteiger partial charge is 0.492 e. The molecular formula is C29H40FN3O5S. The van der Waals surface area contributed by atoms with Gasteiger partial charge in [-0.05, 0) is 51.3 Å². The molecule has 1 atom stereocenters. The number of benzene rings is 2. The highest BCUT2D eigenvalue weighted by Crippen LogP contribution is 2.30. The first-order valence-corrected chi connectivity index (χ1v) is 15.5. The standard InChI is InChI=1S/C29H40FN3O5S/c1-4-38-27-18-11-10-17-26(27)33(39(3,36)37)20-12-19-28(34)32(21-23-13-8-9-16-25(23)30)22(2)29(35)31-24-14-6-5-7-15-24/h8-11,13,16-18,22,24H,4-7,12,14-15,19-21H2,1-3H3,(H,31,35). The van der Waals surface area contributed by atoms with Crippen LogP contribution in [0.15, 0.2) is 48.5 Å². The molecule has 39 heavy (non-hydrogen) atoms. The summed E-state index contributed by atoms with van der Waals surface area (Å²) in [5.41, 5.74) is 0.712. The lowest BCUT2D eigenvalue weighted by molar-refractivity contribution is -0.141. The van der Waals surface area contributed by atoms with Crippen LogP contribution < -0.4 is 14.4 Å². The number of ether oxygens (including phenoxy) is 1. The third-order valence-electron chi connectivity index (χ3n) is 7.00. The molecule has 10 heteroatoms. The number of hydrogen-bond acceptors (Lipinski definition) is 5. The number of nitrogens with one attached hydrogen (secondary N) is 1. The molecule has 0 heterocycles. The van der Waals surface area contributed by atoms with Gasteiger partial charge in [-0.1, -0.05) is 49.6 Å². The maximum atomic E-state index is 14.5. The van der Waals surface area contributed by atoms with Crippen molar-refractivity contribution in [3.63, 3.8) is 0 Å². The number of carbonyl (C=O) groups excluding carboxylic acids is 2. The molecule has 8 nitrogen and oxygen atoms in total. The van der Waals surface area contributed by atoms with Crippen LogP contribution in [-0.2, 0) is 26.2 Å². The lowest BCUT2D eigenvalue weighted by Crippen LogP contribution is -2.50. The van der Waals surface area contributed by atoms with Crippen molar-refractivity contribution in [2.75, 3.05) is 23.7 Å². The van der Waals surface area contributed by atoms with Gasteiger partial charge in [0, 0.05) is 31.1 Å². The fourth-order valence-electron chi connectivity index (χ4n) is 4.88. The molecule has 1 aliphatic carbocycles. The van der Waals surface area contributed by atoms with Gasteiger partial charge >= 0.3 is 0 Å². The number of hydrogen-bond donors (Lipinski definition) is 1. The molecule has 2 amide bonds. The lowest BCUT2D eigenvalue weighted by Gasteiger charge is -2.31. The highest BCUT2D eigenvalue weighted by Gasteiger charge is 2.29. The van der Waals surface area contributed by atoms with Gasteiger partial charge in [0.15, 0.2) is 0 Å². The van der Waals surface area contributed by atoms with E-state index in [1.54, 1.807) is 49.4 Å². The first kappa shape index (κ1) is 30.4. The summed E-state index contributed by atoms with van der Waals surface area (Å²) in [6.07, 6.45) is 6.38. The van der Waals surface area contributed by atoms with Gasteiger partial charge in [-0.25, -0.2) is 12.8 Å². The van der Waals surface area contributed by atoms with E-state index in [0.717, 1.165) is 38.4 Å². The van der Waals surface area contributed by atoms with Crippen LogP contribution in [0.1, 0.15) is 64.4 Å². The van der Waals surface area contributed by atoms with Crippen LogP contribution in [0.4, 0.5) is 10.1 Å². The molecule has 0 aromatic heterocycles. The van der Waals surface area contributed by atoms with Crippen LogP contribution in [-0.4, -0.2) is 56.6 Å². The minimum absolute atomic E-state index is 0.0156. The first-order valence-electron chi connectivity index (χ1n) is 13.6. The first-order chi connectivity index (χ1) is 18.6. The zero-order valence-corrected chi connectivity index (χ0v) is 23.9. The summed E-state index contributed by atoms with van der Waals surface area (Å²) in [4.78, 5) is 28.0. The summed E-state index contributed by atoms with van der Waals surface area (Å²) in [5, 5.41) is 3.06. The van der Waals surface area contributed by atoms with Gasteiger partial charge in [0.2, 0.25) is 21.8 Å². The number of amides is 2. The Morgan fingerprint density at radius 1 is 1.08 bits per heavy atom. The molecule has 214 valence electrons. The molecule has 3 rings (SSSR count). The van der Waals surface area contributed by atoms with Crippen molar-refractivity contribution in [3.8, 4) is 5.75 Å². The molecule has 0 radical (unpaired) electrons. The van der Waals surface area contributed by atoms with Crippen molar-refractivity contribution in [1.82, 2.24) is 10.2 Å². The Hall–Kier alpha value is -3.14. The summed E-state index contributed by atoms with van der Waals surface area (Å²) in [6, 6.07) is 12.3. The van der Waals surface area contributed by atoms with Gasteiger partial charge in [0.05, 0.1) is 18.6 Å². The van der Waals surface area contributed by atoms with E-state index in [9.17, 15) is 22.4 Å². The quantitative estimate of drug-likeness (QED) is 0.385. The van der Waals surface area contributed by atoms with Gasteiger partial charge in [0.25, 0.3) is 0 Å². The van der Waals surface area contributed by atoms with Gasteiger partial charge in [0.1, 0.15) is 17.6 Å². The molecule has 0 spiro atoms. The van der Waals surface area contributed by atoms with Crippen molar-refractivity contribution in [1.29, 1.82) is 0 Å². The topological polar surface area (TPSA) is 96.0 Å². The number of halogens is 1. The van der Waals surface area contributed by atoms with Crippen molar-refractivity contribution >= 4 is 27.5 Å². The maximum Gasteiger partial charge on any atom is 0.242 e. The Bertz CT molecular complexity index is 1220. The van der Waals surface area contributed by atoms with Crippen LogP contribution in [0, 0.1) is 5.82 Å². The van der Waals surface area contributed by atoms with Crippen LogP contribution in [0.3, 0.4) is 0 Å². The van der Waals surface area contributed by atoms with Crippen molar-refractivity contribution in [2.45, 2.75) is 77.4 Å². The van der Waals surface area contributed by atoms with Gasteiger partial charge in [-0.3, -0.25) is 13.9 Å². The average molecular weight is 562 g/mol. The lowest BCUT2D eigenvalue weighted by atomic mass is 9.95. The number of anilines is 1. The number of rotatable bonds is 13. The predicted molar refractivity (Wildman–Crippen MR) is 150 cm³/mol. The molecule has 1 fully saturated rings. The summed E-state index contributed by atoms with van der Waals surface area (Å²) >= 11 is 0. The van der Waals surface area contributed by atoms with Crippen molar-refractivity contribution < 1.29 is 27.1 Å². The number of sulfonamides is 1. The fourth-order valence-corrected chi connectivity index (χ4v) is 5.85. The Balaban J connectivity index is 1.75. The molecule has 1 saturated carbocycles. The second kappa shape index (κ2) is 14.3. The van der Waals surface area contributed by atoms with E-state index in [1.165, 1.54) is 15.3 Å². The van der Waals surface area contributed by atoms with E-state index in [1.807, 2.05) is 6.92 Å². The second-order valence-corrected chi connectivity index (χ2v) is 11.9. The zero-order chi connectivity index (χ0) is 28.4. The maximum absolute atomic E-state index is 14.5. The molecule has 1 N–H and O–H groups in total. The average Bonchev–Trinajstić information content (AvgIpc) is 2.91. The molecule has 1 unspecified atom stereocenters. The van der Waals surface area contributed by atoms with E-state index >= 15 is 0 Å². The van der Waals surface area contributed by atoms with Crippen LogP contribution >= 0.6 is 0 Å². The molecule has 0 saturated heterocycles. The van der Waals surface area contributed by atoms with Crippen molar-refractivity contribution in [2.24, 2.45) is 0 Å². The minimum atomic E-state index is -3.66. The molecule has 0 bridgehead atoms. The number of carbonyl (C=O) groups is 2. The molecular weight excluding hydrogens is 521 g/mol. The van der Waals surface area contributed by atoms with Crippen molar-refractivity contribution in [3.05, 3.63) is 59.9 Å². The SMILES string of the molecule is CCOc1ccccc1N(CCCC(=O)N(Cc1ccccc1F)C(C)C(=O)NC1CCCCC1)S(C)(=O)=O. The van der Waals surface area contributed by atoms with Crippen LogP contribution in [0.2, 0.25) is 0 Å². The summed E-state index contributed by atoms with van der Waals surface area (Å²) in [6.45, 7) is 3.82. The van der Waals surface area contributed by atoms with E-state index in [2.05, 4.69) is 5.32 Å². The Morgan fingerprint density at radius 3 is 2.41 bits per heavy atom. The van der Waals surface area contributed by atoms with E-state index in [0.29, 0.717) is 23.6 Å². The second-order valence-electron chi connectivity index (χ2n) is 9.97. The molecule has 0 aliphatic heterocycles. The molecule has 2 aromatic rings. The Labute approximate surface area is 231 Å². The number of nitrogens with zero attached hydrogens (tertiary/aromatic N) is 2. The third-order valence-corrected chi connectivity index (χ3v) is 8.18. The summed E-state index contributed by atoms with van der Waals surface area (Å²) in [5.74, 6) is -0.636. The van der Waals surface area contributed by atoms with Gasteiger partial charge in [-0.15, -0.1) is 0 Å². The smallest absolute Gasteiger partial charge is 0.242 e. The fraction of sp³-hybridized carbons (Fsp3) is 0.517. The molecule has 1 aliphatic rings. The third kappa shape index (κ3) is 8.68. The van der Waals surface area contributed by atoms with Crippen LogP contribution in [0.25, 0.3) is 0 Å². The highest BCUT2D eigenvalue weighted by molar-refractivity contribution is 7.92. The van der Waals surface area contributed by atoms with E-state index in [-0.39, 0.29) is 43.8 Å². The Kier molecular flexibility index (Phi) is 11.2. The van der Waals surface area contributed by atoms with E-state index < -0.39 is 21.9 Å². The summed E-state index contributed by atoms with van der Waals surface area (Å²) in [7, 11) is -3.66. The van der Waals surface area contributed by atoms with Gasteiger partial charge < -0.3 is 15.0 Å². The van der Waals surface area contributed by atoms with E-state index in [4.69, 9.17) is 4.74 Å². The summed E-state index contributed by atoms with van der Waals surface area (Å²) < 4.78 is 46.6. The monoisotopic (exact) mass is 561 g/mol. The normalized spacial score (nSPS) is 14.9. The van der Waals surface area contributed by atoms with Crippen LogP contribution in [0.5, 0.6) is 5.75 Å². The van der Waals surface area contributed by atoms with Gasteiger partial charge in [-0.2, -0.15) is 0 Å². The number of para-hydroxylation sites is 2. The molecule has 2 aromatic carbocycles. The predicted octanol–water partition coefficient (Wildman–Crippen LogP) is 4.64. The zero-order valence-electron chi connectivity index (χ0n) is 23.1.